The van der Waals surface area contributed by atoms with Crippen LogP contribution in [0.4, 0.5) is 0 Å². The quantitative estimate of drug-likeness (QED) is 0.895. The molecule has 17 heavy (non-hydrogen) atoms. The zero-order valence-electron chi connectivity index (χ0n) is 10.3. The summed E-state index contributed by atoms with van der Waals surface area (Å²) < 4.78 is 6.74. The molecule has 1 heterocycles. The van der Waals surface area contributed by atoms with Crippen LogP contribution < -0.4 is 5.32 Å². The number of halogens is 1. The van der Waals surface area contributed by atoms with Gasteiger partial charge in [-0.25, -0.2) is 0 Å². The Balaban J connectivity index is 1.72. The van der Waals surface area contributed by atoms with E-state index in [2.05, 4.69) is 52.4 Å². The molecule has 0 aromatic heterocycles. The van der Waals surface area contributed by atoms with Crippen LogP contribution in [0.25, 0.3) is 0 Å². The average Bonchev–Trinajstić information content (AvgIpc) is 2.83. The van der Waals surface area contributed by atoms with Gasteiger partial charge in [0, 0.05) is 17.1 Å². The van der Waals surface area contributed by atoms with Gasteiger partial charge < -0.3 is 10.1 Å². The Morgan fingerprint density at radius 1 is 1.41 bits per heavy atom. The summed E-state index contributed by atoms with van der Waals surface area (Å²) in [5.74, 6) is 0. The largest absolute Gasteiger partial charge is 0.378 e. The summed E-state index contributed by atoms with van der Waals surface area (Å²) in [4.78, 5) is 0. The van der Waals surface area contributed by atoms with Gasteiger partial charge in [0.2, 0.25) is 0 Å². The number of hydrogen-bond acceptors (Lipinski definition) is 2. The molecule has 0 radical (unpaired) electrons. The molecule has 0 amide bonds. The van der Waals surface area contributed by atoms with E-state index in [0.29, 0.717) is 12.1 Å². The van der Waals surface area contributed by atoms with Gasteiger partial charge in [0.15, 0.2) is 0 Å². The van der Waals surface area contributed by atoms with E-state index >= 15 is 0 Å². The monoisotopic (exact) mass is 297 g/mol. The van der Waals surface area contributed by atoms with Crippen LogP contribution in [-0.4, -0.2) is 19.3 Å². The maximum absolute atomic E-state index is 5.61. The van der Waals surface area contributed by atoms with Crippen LogP contribution in [0, 0.1) is 0 Å². The van der Waals surface area contributed by atoms with Gasteiger partial charge in [-0.05, 0) is 50.4 Å². The van der Waals surface area contributed by atoms with Crippen LogP contribution in [0.1, 0.15) is 37.8 Å². The van der Waals surface area contributed by atoms with Gasteiger partial charge in [-0.3, -0.25) is 0 Å². The Labute approximate surface area is 112 Å². The minimum Gasteiger partial charge on any atom is -0.378 e. The van der Waals surface area contributed by atoms with Crippen LogP contribution in [0.3, 0.4) is 0 Å². The van der Waals surface area contributed by atoms with E-state index in [0.717, 1.165) is 24.0 Å². The van der Waals surface area contributed by atoms with Crippen molar-refractivity contribution in [2.24, 2.45) is 0 Å². The molecule has 1 aliphatic heterocycles. The maximum atomic E-state index is 5.61. The first-order chi connectivity index (χ1) is 8.25. The second kappa shape index (κ2) is 6.53. The lowest BCUT2D eigenvalue weighted by Crippen LogP contribution is -2.23. The van der Waals surface area contributed by atoms with Crippen molar-refractivity contribution >= 4 is 15.9 Å². The van der Waals surface area contributed by atoms with Gasteiger partial charge in [0.1, 0.15) is 0 Å². The van der Waals surface area contributed by atoms with Crippen molar-refractivity contribution in [1.82, 2.24) is 5.32 Å². The van der Waals surface area contributed by atoms with Crippen LogP contribution in [-0.2, 0) is 4.74 Å². The van der Waals surface area contributed by atoms with Gasteiger partial charge in [0.25, 0.3) is 0 Å². The Morgan fingerprint density at radius 2 is 2.18 bits per heavy atom. The predicted molar refractivity (Wildman–Crippen MR) is 74.2 cm³/mol. The first-order valence-corrected chi connectivity index (χ1v) is 7.15. The lowest BCUT2D eigenvalue weighted by molar-refractivity contribution is 0.103. The summed E-state index contributed by atoms with van der Waals surface area (Å²) in [6, 6.07) is 8.91. The fourth-order valence-electron chi connectivity index (χ4n) is 2.20. The summed E-state index contributed by atoms with van der Waals surface area (Å²) >= 11 is 3.45. The molecule has 0 unspecified atom stereocenters. The van der Waals surface area contributed by atoms with Crippen LogP contribution in [0.15, 0.2) is 28.7 Å². The van der Waals surface area contributed by atoms with Crippen molar-refractivity contribution < 1.29 is 4.74 Å². The zero-order valence-corrected chi connectivity index (χ0v) is 11.9. The molecule has 1 aliphatic rings. The highest BCUT2D eigenvalue weighted by molar-refractivity contribution is 9.10. The molecule has 3 heteroatoms. The standard InChI is InChI=1S/C14H20BrNO/c1-11(12-4-6-13(15)7-5-12)16-9-8-14-3-2-10-17-14/h4-7,11,14,16H,2-3,8-10H2,1H3/t11-,14-/m1/s1. The first kappa shape index (κ1) is 13.1. The minimum absolute atomic E-state index is 0.407. The molecule has 2 rings (SSSR count). The third kappa shape index (κ3) is 4.09. The van der Waals surface area contributed by atoms with Crippen LogP contribution in [0.2, 0.25) is 0 Å². The molecule has 0 spiro atoms. The van der Waals surface area contributed by atoms with Crippen molar-refractivity contribution in [2.75, 3.05) is 13.2 Å². The summed E-state index contributed by atoms with van der Waals surface area (Å²) in [5.41, 5.74) is 1.33. The van der Waals surface area contributed by atoms with E-state index in [1.165, 1.54) is 18.4 Å². The van der Waals surface area contributed by atoms with Crippen molar-refractivity contribution in [2.45, 2.75) is 38.3 Å². The number of rotatable bonds is 5. The molecule has 1 aromatic rings. The normalized spacial score (nSPS) is 21.6. The molecule has 1 aromatic carbocycles. The van der Waals surface area contributed by atoms with E-state index < -0.39 is 0 Å². The summed E-state index contributed by atoms with van der Waals surface area (Å²) in [6.45, 7) is 4.19. The van der Waals surface area contributed by atoms with Crippen molar-refractivity contribution in [3.05, 3.63) is 34.3 Å². The van der Waals surface area contributed by atoms with Gasteiger partial charge in [-0.2, -0.15) is 0 Å². The van der Waals surface area contributed by atoms with Gasteiger partial charge >= 0.3 is 0 Å². The van der Waals surface area contributed by atoms with Crippen LogP contribution in [0.5, 0.6) is 0 Å². The third-order valence-corrected chi connectivity index (χ3v) is 3.84. The minimum atomic E-state index is 0.407. The Kier molecular flexibility index (Phi) is 5.01. The average molecular weight is 298 g/mol. The molecular formula is C14H20BrNO. The molecule has 2 nitrogen and oxygen atoms in total. The summed E-state index contributed by atoms with van der Waals surface area (Å²) in [7, 11) is 0. The van der Waals surface area contributed by atoms with E-state index in [4.69, 9.17) is 4.74 Å². The molecule has 1 N–H and O–H groups in total. The molecule has 0 saturated carbocycles. The van der Waals surface area contributed by atoms with E-state index in [-0.39, 0.29) is 0 Å². The molecule has 1 fully saturated rings. The number of hydrogen-bond donors (Lipinski definition) is 1. The van der Waals surface area contributed by atoms with E-state index in [1.807, 2.05) is 0 Å². The molecule has 94 valence electrons. The van der Waals surface area contributed by atoms with Crippen molar-refractivity contribution in [1.29, 1.82) is 0 Å². The molecular weight excluding hydrogens is 278 g/mol. The van der Waals surface area contributed by atoms with Gasteiger partial charge in [-0.1, -0.05) is 28.1 Å². The highest BCUT2D eigenvalue weighted by atomic mass is 79.9. The Bertz CT molecular complexity index is 333. The first-order valence-electron chi connectivity index (χ1n) is 6.36. The predicted octanol–water partition coefficient (Wildman–Crippen LogP) is 3.67. The smallest absolute Gasteiger partial charge is 0.0588 e. The van der Waals surface area contributed by atoms with E-state index in [9.17, 15) is 0 Å². The number of benzene rings is 1. The Morgan fingerprint density at radius 3 is 2.82 bits per heavy atom. The maximum Gasteiger partial charge on any atom is 0.0588 e. The summed E-state index contributed by atoms with van der Waals surface area (Å²) in [6.07, 6.45) is 4.07. The molecule has 1 saturated heterocycles. The number of ether oxygens (including phenoxy) is 1. The van der Waals surface area contributed by atoms with Crippen molar-refractivity contribution in [3.8, 4) is 0 Å². The van der Waals surface area contributed by atoms with Crippen molar-refractivity contribution in [3.63, 3.8) is 0 Å². The lowest BCUT2D eigenvalue weighted by atomic mass is 10.1. The topological polar surface area (TPSA) is 21.3 Å². The zero-order chi connectivity index (χ0) is 12.1. The molecule has 0 bridgehead atoms. The van der Waals surface area contributed by atoms with Gasteiger partial charge in [-0.15, -0.1) is 0 Å². The highest BCUT2D eigenvalue weighted by Gasteiger charge is 2.15. The lowest BCUT2D eigenvalue weighted by Gasteiger charge is -2.16. The van der Waals surface area contributed by atoms with E-state index in [1.54, 1.807) is 0 Å². The second-order valence-corrected chi connectivity index (χ2v) is 5.57. The second-order valence-electron chi connectivity index (χ2n) is 4.65. The summed E-state index contributed by atoms with van der Waals surface area (Å²) in [5, 5.41) is 3.55. The molecule has 0 aliphatic carbocycles. The Hall–Kier alpha value is -0.380. The SMILES string of the molecule is C[C@@H](NCC[C@H]1CCCO1)c1ccc(Br)cc1. The van der Waals surface area contributed by atoms with Crippen LogP contribution >= 0.6 is 15.9 Å². The number of nitrogens with one attached hydrogen (secondary N) is 1. The van der Waals surface area contributed by atoms with Gasteiger partial charge in [0.05, 0.1) is 6.10 Å². The molecule has 2 atom stereocenters. The third-order valence-electron chi connectivity index (χ3n) is 3.31. The highest BCUT2D eigenvalue weighted by Crippen LogP contribution is 2.18. The fraction of sp³-hybridized carbons (Fsp3) is 0.571. The fourth-order valence-corrected chi connectivity index (χ4v) is 2.47.